The molecular formula is C26H26N4O4S. The summed E-state index contributed by atoms with van der Waals surface area (Å²) in [5.41, 5.74) is 2.20. The van der Waals surface area contributed by atoms with Gasteiger partial charge in [-0.15, -0.1) is 11.3 Å². The number of hydrogen-bond donors (Lipinski definition) is 2. The minimum atomic E-state index is -0.543. The molecule has 2 aromatic carbocycles. The first-order valence-electron chi connectivity index (χ1n) is 11.7. The highest BCUT2D eigenvalue weighted by atomic mass is 32.1. The van der Waals surface area contributed by atoms with E-state index >= 15 is 0 Å². The van der Waals surface area contributed by atoms with Crippen molar-refractivity contribution in [3.05, 3.63) is 65.5 Å². The van der Waals surface area contributed by atoms with Gasteiger partial charge in [0.2, 0.25) is 5.91 Å². The average Bonchev–Trinajstić information content (AvgIpc) is 3.35. The Morgan fingerprint density at radius 2 is 1.80 bits per heavy atom. The topological polar surface area (TPSA) is 101 Å². The molecule has 1 unspecified atom stereocenters. The van der Waals surface area contributed by atoms with E-state index in [-0.39, 0.29) is 24.3 Å². The zero-order valence-electron chi connectivity index (χ0n) is 19.1. The van der Waals surface area contributed by atoms with Crippen molar-refractivity contribution in [3.8, 4) is 17.0 Å². The fraction of sp³-hybridized carbons (Fsp3) is 0.308. The van der Waals surface area contributed by atoms with E-state index in [9.17, 15) is 14.4 Å². The predicted octanol–water partition coefficient (Wildman–Crippen LogP) is 3.71. The Balaban J connectivity index is 1.17. The maximum atomic E-state index is 12.9. The lowest BCUT2D eigenvalue weighted by Crippen LogP contribution is -2.45. The van der Waals surface area contributed by atoms with Crippen molar-refractivity contribution in [2.45, 2.75) is 37.8 Å². The molecule has 180 valence electrons. The molecule has 1 saturated carbocycles. The van der Waals surface area contributed by atoms with Gasteiger partial charge >= 0.3 is 0 Å². The van der Waals surface area contributed by atoms with Crippen LogP contribution < -0.4 is 15.4 Å². The Bertz CT molecular complexity index is 1210. The third-order valence-corrected chi connectivity index (χ3v) is 6.83. The van der Waals surface area contributed by atoms with Crippen LogP contribution in [0.15, 0.2) is 60.0 Å². The summed E-state index contributed by atoms with van der Waals surface area (Å²) in [5.74, 6) is 0.101. The van der Waals surface area contributed by atoms with Gasteiger partial charge in [-0.05, 0) is 49.9 Å². The number of nitrogens with zero attached hydrogens (tertiary/aromatic N) is 2. The molecule has 5 rings (SSSR count). The van der Waals surface area contributed by atoms with E-state index in [2.05, 4.69) is 15.6 Å². The number of amides is 3. The van der Waals surface area contributed by atoms with E-state index < -0.39 is 6.04 Å². The van der Waals surface area contributed by atoms with Crippen LogP contribution >= 0.6 is 11.3 Å². The van der Waals surface area contributed by atoms with Gasteiger partial charge in [-0.25, -0.2) is 4.98 Å². The molecule has 8 nitrogen and oxygen atoms in total. The van der Waals surface area contributed by atoms with Gasteiger partial charge in [0.1, 0.15) is 11.8 Å². The number of anilines is 1. The molecule has 3 amide bonds. The number of aromatic nitrogens is 1. The molecular weight excluding hydrogens is 464 g/mol. The summed E-state index contributed by atoms with van der Waals surface area (Å²) in [5, 5.41) is 8.17. The van der Waals surface area contributed by atoms with E-state index in [1.54, 1.807) is 29.2 Å². The second-order valence-electron chi connectivity index (χ2n) is 8.70. The molecule has 2 fully saturated rings. The predicted molar refractivity (Wildman–Crippen MR) is 133 cm³/mol. The normalized spacial score (nSPS) is 17.1. The van der Waals surface area contributed by atoms with Gasteiger partial charge in [-0.3, -0.25) is 14.4 Å². The van der Waals surface area contributed by atoms with Crippen LogP contribution in [0.3, 0.4) is 0 Å². The van der Waals surface area contributed by atoms with Crippen LogP contribution in [0.4, 0.5) is 5.13 Å². The molecule has 35 heavy (non-hydrogen) atoms. The Hall–Kier alpha value is -3.72. The summed E-state index contributed by atoms with van der Waals surface area (Å²) < 4.78 is 5.57. The monoisotopic (exact) mass is 490 g/mol. The molecule has 0 bridgehead atoms. The highest BCUT2D eigenvalue weighted by Crippen LogP contribution is 2.27. The van der Waals surface area contributed by atoms with E-state index in [1.807, 2.05) is 35.7 Å². The van der Waals surface area contributed by atoms with Crippen LogP contribution in [0.1, 0.15) is 36.0 Å². The average molecular weight is 491 g/mol. The number of thiazole rings is 1. The van der Waals surface area contributed by atoms with Gasteiger partial charge in [0.15, 0.2) is 11.7 Å². The second-order valence-corrected chi connectivity index (χ2v) is 9.56. The molecule has 1 aliphatic heterocycles. The molecule has 2 N–H and O–H groups in total. The van der Waals surface area contributed by atoms with Gasteiger partial charge in [0, 0.05) is 29.1 Å². The third-order valence-electron chi connectivity index (χ3n) is 6.07. The highest BCUT2D eigenvalue weighted by molar-refractivity contribution is 7.14. The molecule has 3 aromatic rings. The van der Waals surface area contributed by atoms with E-state index in [1.165, 1.54) is 11.3 Å². The molecule has 2 aliphatic rings. The van der Waals surface area contributed by atoms with Crippen molar-refractivity contribution in [3.63, 3.8) is 0 Å². The number of likely N-dealkylation sites (tertiary alicyclic amines) is 1. The largest absolute Gasteiger partial charge is 0.484 e. The number of hydrogen-bond acceptors (Lipinski definition) is 6. The Labute approximate surface area is 207 Å². The van der Waals surface area contributed by atoms with Crippen molar-refractivity contribution < 1.29 is 19.1 Å². The Morgan fingerprint density at radius 3 is 2.54 bits per heavy atom. The van der Waals surface area contributed by atoms with Crippen molar-refractivity contribution in [1.82, 2.24) is 15.2 Å². The number of para-hydroxylation sites is 1. The summed E-state index contributed by atoms with van der Waals surface area (Å²) >= 11 is 1.33. The molecule has 1 atom stereocenters. The lowest BCUT2D eigenvalue weighted by Gasteiger charge is -2.23. The van der Waals surface area contributed by atoms with E-state index in [0.717, 1.165) is 30.5 Å². The first-order valence-corrected chi connectivity index (χ1v) is 12.6. The van der Waals surface area contributed by atoms with E-state index in [0.29, 0.717) is 35.5 Å². The van der Waals surface area contributed by atoms with Crippen LogP contribution in [0.5, 0.6) is 5.75 Å². The standard InChI is InChI=1S/C26H26N4O4S/c31-23(15-34-20-5-2-1-3-6-20)30-14-4-7-22(30)25(33)29-26-28-21(16-35-26)17-8-10-18(11-9-17)24(32)27-19-12-13-19/h1-3,5-6,8-11,16,19,22H,4,7,12-15H2,(H,27,32)(H,28,29,33). The van der Waals surface area contributed by atoms with Gasteiger partial charge in [0.25, 0.3) is 11.8 Å². The summed E-state index contributed by atoms with van der Waals surface area (Å²) in [4.78, 5) is 43.9. The number of ether oxygens (including phenoxy) is 1. The number of benzene rings is 2. The molecule has 1 aliphatic carbocycles. The zero-order valence-corrected chi connectivity index (χ0v) is 19.9. The number of nitrogens with one attached hydrogen (secondary N) is 2. The van der Waals surface area contributed by atoms with Crippen molar-refractivity contribution in [1.29, 1.82) is 0 Å². The molecule has 1 saturated heterocycles. The van der Waals surface area contributed by atoms with Crippen LogP contribution in [0.2, 0.25) is 0 Å². The van der Waals surface area contributed by atoms with Crippen molar-refractivity contribution >= 4 is 34.2 Å². The summed E-state index contributed by atoms with van der Waals surface area (Å²) in [7, 11) is 0. The number of carbonyl (C=O) groups excluding carboxylic acids is 3. The quantitative estimate of drug-likeness (QED) is 0.501. The third kappa shape index (κ3) is 5.68. The molecule has 1 aromatic heterocycles. The lowest BCUT2D eigenvalue weighted by molar-refractivity contribution is -0.138. The van der Waals surface area contributed by atoms with Gasteiger partial charge < -0.3 is 20.3 Å². The van der Waals surface area contributed by atoms with Crippen LogP contribution in [-0.2, 0) is 9.59 Å². The molecule has 0 spiro atoms. The van der Waals surface area contributed by atoms with Gasteiger partial charge in [-0.1, -0.05) is 30.3 Å². The second kappa shape index (κ2) is 10.3. The first-order chi connectivity index (χ1) is 17.1. The van der Waals surface area contributed by atoms with Crippen molar-refractivity contribution in [2.75, 3.05) is 18.5 Å². The van der Waals surface area contributed by atoms with Crippen molar-refractivity contribution in [2.24, 2.45) is 0 Å². The van der Waals surface area contributed by atoms with Gasteiger partial charge in [0.05, 0.1) is 5.69 Å². The summed E-state index contributed by atoms with van der Waals surface area (Å²) in [6.07, 6.45) is 3.46. The summed E-state index contributed by atoms with van der Waals surface area (Å²) in [6, 6.07) is 16.2. The van der Waals surface area contributed by atoms with Crippen LogP contribution in [0.25, 0.3) is 11.3 Å². The minimum Gasteiger partial charge on any atom is -0.484 e. The lowest BCUT2D eigenvalue weighted by atomic mass is 10.1. The number of carbonyl (C=O) groups is 3. The van der Waals surface area contributed by atoms with Crippen LogP contribution in [0, 0.1) is 0 Å². The fourth-order valence-corrected chi connectivity index (χ4v) is 4.75. The fourth-order valence-electron chi connectivity index (χ4n) is 4.02. The maximum Gasteiger partial charge on any atom is 0.261 e. The number of rotatable bonds is 8. The molecule has 9 heteroatoms. The van der Waals surface area contributed by atoms with E-state index in [4.69, 9.17) is 4.74 Å². The first kappa shape index (κ1) is 23.0. The minimum absolute atomic E-state index is 0.0601. The molecule has 2 heterocycles. The highest BCUT2D eigenvalue weighted by Gasteiger charge is 2.34. The zero-order chi connectivity index (χ0) is 24.2. The smallest absolute Gasteiger partial charge is 0.261 e. The van der Waals surface area contributed by atoms with Crippen LogP contribution in [-0.4, -0.2) is 52.8 Å². The van der Waals surface area contributed by atoms with Gasteiger partial charge in [-0.2, -0.15) is 0 Å². The Kier molecular flexibility index (Phi) is 6.76. The summed E-state index contributed by atoms with van der Waals surface area (Å²) in [6.45, 7) is 0.419. The SMILES string of the molecule is O=C(NC1CC1)c1ccc(-c2csc(NC(=O)C3CCCN3C(=O)COc3ccccc3)n2)cc1. The molecule has 0 radical (unpaired) electrons. The Morgan fingerprint density at radius 1 is 1.03 bits per heavy atom. The maximum absolute atomic E-state index is 12.9.